The van der Waals surface area contributed by atoms with Crippen LogP contribution in [-0.4, -0.2) is 34.7 Å². The summed E-state index contributed by atoms with van der Waals surface area (Å²) in [5, 5.41) is 9.92. The van der Waals surface area contributed by atoms with Gasteiger partial charge in [-0.15, -0.1) is 0 Å². The Morgan fingerprint density at radius 1 is 1.12 bits per heavy atom. The van der Waals surface area contributed by atoms with E-state index in [9.17, 15) is 9.59 Å². The third-order valence-electron chi connectivity index (χ3n) is 4.38. The molecule has 132 valence electrons. The summed E-state index contributed by atoms with van der Waals surface area (Å²) in [5.41, 5.74) is 1.46. The minimum absolute atomic E-state index is 0.112. The Morgan fingerprint density at radius 3 is 2.44 bits per heavy atom. The molecule has 1 heterocycles. The van der Waals surface area contributed by atoms with E-state index >= 15 is 0 Å². The molecular formula is C18H21BrN4O2. The molecule has 7 heteroatoms. The molecule has 0 bridgehead atoms. The largest absolute Gasteiger partial charge is 0.354 e. The Labute approximate surface area is 155 Å². The predicted octanol–water partition coefficient (Wildman–Crippen LogP) is 2.67. The van der Waals surface area contributed by atoms with E-state index in [1.54, 1.807) is 23.0 Å². The maximum atomic E-state index is 12.1. The molecule has 0 saturated heterocycles. The van der Waals surface area contributed by atoms with Gasteiger partial charge in [0, 0.05) is 30.8 Å². The normalized spacial score (nSPS) is 14.4. The van der Waals surface area contributed by atoms with Crippen molar-refractivity contribution >= 4 is 27.7 Å². The first-order chi connectivity index (χ1) is 12.1. The quantitative estimate of drug-likeness (QED) is 0.726. The fourth-order valence-electron chi connectivity index (χ4n) is 3.00. The number of halogens is 1. The van der Waals surface area contributed by atoms with Gasteiger partial charge >= 0.3 is 0 Å². The van der Waals surface area contributed by atoms with Gasteiger partial charge in [-0.25, -0.2) is 4.68 Å². The maximum absolute atomic E-state index is 12.1. The number of rotatable bonds is 6. The average molecular weight is 405 g/mol. The summed E-state index contributed by atoms with van der Waals surface area (Å²) in [6, 6.07) is 7.21. The first-order valence-corrected chi connectivity index (χ1v) is 9.29. The number of benzene rings is 1. The lowest BCUT2D eigenvalue weighted by molar-refractivity contribution is -0.124. The summed E-state index contributed by atoms with van der Waals surface area (Å²) < 4.78 is 2.62. The fourth-order valence-corrected chi connectivity index (χ4v) is 3.29. The summed E-state index contributed by atoms with van der Waals surface area (Å²) in [6.45, 7) is 0.881. The first-order valence-electron chi connectivity index (χ1n) is 8.50. The molecule has 1 aromatic heterocycles. The number of hydrogen-bond donors (Lipinski definition) is 2. The van der Waals surface area contributed by atoms with Crippen LogP contribution in [0.4, 0.5) is 0 Å². The number of amides is 2. The Bertz CT molecular complexity index is 736. The second-order valence-corrected chi connectivity index (χ2v) is 7.09. The number of nitrogens with zero attached hydrogens (tertiary/aromatic N) is 2. The van der Waals surface area contributed by atoms with Crippen LogP contribution in [0, 0.1) is 5.92 Å². The van der Waals surface area contributed by atoms with Crippen molar-refractivity contribution in [2.45, 2.75) is 25.7 Å². The summed E-state index contributed by atoms with van der Waals surface area (Å²) >= 11 is 3.36. The van der Waals surface area contributed by atoms with Gasteiger partial charge in [-0.05, 0) is 53.0 Å². The van der Waals surface area contributed by atoms with Gasteiger partial charge in [-0.2, -0.15) is 5.10 Å². The molecule has 1 aromatic carbocycles. The number of carbonyl (C=O) groups is 2. The number of hydrogen-bond acceptors (Lipinski definition) is 3. The summed E-state index contributed by atoms with van der Waals surface area (Å²) in [4.78, 5) is 24.0. The van der Waals surface area contributed by atoms with Gasteiger partial charge < -0.3 is 10.6 Å². The van der Waals surface area contributed by atoms with Gasteiger partial charge in [-0.1, -0.05) is 12.8 Å². The number of aromatic nitrogens is 2. The van der Waals surface area contributed by atoms with E-state index in [0.717, 1.165) is 35.8 Å². The van der Waals surface area contributed by atoms with Crippen LogP contribution in [0.5, 0.6) is 0 Å². The SMILES string of the molecule is O=C(NCCNC(=O)C1CCCC1)c1ccc(-n2cc(Br)cn2)cc1. The average Bonchev–Trinajstić information content (AvgIpc) is 3.30. The standard InChI is InChI=1S/C18H21BrN4O2/c19-15-11-22-23(12-15)16-7-5-14(6-8-16)18(25)21-10-9-20-17(24)13-3-1-2-4-13/h5-8,11-13H,1-4,9-10H2,(H,20,24)(H,21,25). The van der Waals surface area contributed by atoms with Crippen molar-refractivity contribution in [1.29, 1.82) is 0 Å². The van der Waals surface area contributed by atoms with E-state index in [1.165, 1.54) is 0 Å². The highest BCUT2D eigenvalue weighted by Crippen LogP contribution is 2.24. The molecule has 0 aliphatic heterocycles. The monoisotopic (exact) mass is 404 g/mol. The van der Waals surface area contributed by atoms with Crippen molar-refractivity contribution in [3.05, 3.63) is 46.7 Å². The Balaban J connectivity index is 1.44. The molecule has 2 amide bonds. The van der Waals surface area contributed by atoms with Gasteiger partial charge in [0.1, 0.15) is 0 Å². The summed E-state index contributed by atoms with van der Waals surface area (Å²) in [7, 11) is 0. The Morgan fingerprint density at radius 2 is 1.80 bits per heavy atom. The highest BCUT2D eigenvalue weighted by molar-refractivity contribution is 9.10. The Kier molecular flexibility index (Phi) is 5.86. The highest BCUT2D eigenvalue weighted by Gasteiger charge is 2.21. The van der Waals surface area contributed by atoms with Crippen LogP contribution in [0.25, 0.3) is 5.69 Å². The molecule has 1 fully saturated rings. The van der Waals surface area contributed by atoms with Crippen LogP contribution in [0.3, 0.4) is 0 Å². The van der Waals surface area contributed by atoms with Crippen LogP contribution in [0.1, 0.15) is 36.0 Å². The minimum atomic E-state index is -0.150. The van der Waals surface area contributed by atoms with E-state index in [-0.39, 0.29) is 17.7 Å². The molecule has 2 N–H and O–H groups in total. The van der Waals surface area contributed by atoms with Crippen LogP contribution in [0.2, 0.25) is 0 Å². The lowest BCUT2D eigenvalue weighted by Gasteiger charge is -2.11. The zero-order chi connectivity index (χ0) is 17.6. The second kappa shape index (κ2) is 8.29. The van der Waals surface area contributed by atoms with Crippen molar-refractivity contribution in [3.63, 3.8) is 0 Å². The molecule has 3 rings (SSSR count). The first kappa shape index (κ1) is 17.7. The van der Waals surface area contributed by atoms with Crippen molar-refractivity contribution < 1.29 is 9.59 Å². The molecule has 0 spiro atoms. The molecule has 0 unspecified atom stereocenters. The van der Waals surface area contributed by atoms with Crippen molar-refractivity contribution in [2.24, 2.45) is 5.92 Å². The van der Waals surface area contributed by atoms with Crippen LogP contribution < -0.4 is 10.6 Å². The number of nitrogens with one attached hydrogen (secondary N) is 2. The zero-order valence-corrected chi connectivity index (χ0v) is 15.5. The van der Waals surface area contributed by atoms with Crippen molar-refractivity contribution in [1.82, 2.24) is 20.4 Å². The van der Waals surface area contributed by atoms with E-state index in [4.69, 9.17) is 0 Å². The van der Waals surface area contributed by atoms with Gasteiger partial charge in [0.25, 0.3) is 5.91 Å². The van der Waals surface area contributed by atoms with Gasteiger partial charge in [-0.3, -0.25) is 9.59 Å². The topological polar surface area (TPSA) is 76.0 Å². The molecule has 0 radical (unpaired) electrons. The third kappa shape index (κ3) is 4.69. The van der Waals surface area contributed by atoms with E-state index in [1.807, 2.05) is 18.3 Å². The fraction of sp³-hybridized carbons (Fsp3) is 0.389. The molecule has 2 aromatic rings. The molecule has 25 heavy (non-hydrogen) atoms. The summed E-state index contributed by atoms with van der Waals surface area (Å²) in [6.07, 6.45) is 7.80. The van der Waals surface area contributed by atoms with Crippen LogP contribution >= 0.6 is 15.9 Å². The van der Waals surface area contributed by atoms with Crippen LogP contribution in [-0.2, 0) is 4.79 Å². The van der Waals surface area contributed by atoms with E-state index < -0.39 is 0 Å². The van der Waals surface area contributed by atoms with Crippen molar-refractivity contribution in [2.75, 3.05) is 13.1 Å². The number of carbonyl (C=O) groups excluding carboxylic acids is 2. The van der Waals surface area contributed by atoms with Gasteiger partial charge in [0.15, 0.2) is 0 Å². The lowest BCUT2D eigenvalue weighted by Crippen LogP contribution is -2.37. The van der Waals surface area contributed by atoms with Crippen molar-refractivity contribution in [3.8, 4) is 5.69 Å². The maximum Gasteiger partial charge on any atom is 0.251 e. The van der Waals surface area contributed by atoms with Gasteiger partial charge in [0.05, 0.1) is 16.4 Å². The smallest absolute Gasteiger partial charge is 0.251 e. The molecule has 1 aliphatic rings. The third-order valence-corrected chi connectivity index (χ3v) is 4.79. The highest BCUT2D eigenvalue weighted by atomic mass is 79.9. The van der Waals surface area contributed by atoms with E-state index in [0.29, 0.717) is 18.7 Å². The summed E-state index contributed by atoms with van der Waals surface area (Å²) in [5.74, 6) is 0.121. The lowest BCUT2D eigenvalue weighted by atomic mass is 10.1. The Hall–Kier alpha value is -2.15. The zero-order valence-electron chi connectivity index (χ0n) is 13.9. The molecular weight excluding hydrogens is 384 g/mol. The van der Waals surface area contributed by atoms with E-state index in [2.05, 4.69) is 31.7 Å². The molecule has 0 atom stereocenters. The minimum Gasteiger partial charge on any atom is -0.354 e. The predicted molar refractivity (Wildman–Crippen MR) is 98.6 cm³/mol. The van der Waals surface area contributed by atoms with Crippen LogP contribution in [0.15, 0.2) is 41.1 Å². The van der Waals surface area contributed by atoms with Gasteiger partial charge in [0.2, 0.25) is 5.91 Å². The molecule has 1 saturated carbocycles. The second-order valence-electron chi connectivity index (χ2n) is 6.18. The molecule has 1 aliphatic carbocycles. The molecule has 6 nitrogen and oxygen atoms in total.